The lowest BCUT2D eigenvalue weighted by atomic mass is 10.1. The Morgan fingerprint density at radius 2 is 1.63 bits per heavy atom. The van der Waals surface area contributed by atoms with Gasteiger partial charge in [0.15, 0.2) is 11.5 Å². The number of benzene rings is 2. The monoisotopic (exact) mass is 428 g/mol. The Hall–Kier alpha value is -2.99. The predicted molar refractivity (Wildman–Crippen MR) is 118 cm³/mol. The number of nitrogens with zero attached hydrogens (tertiary/aromatic N) is 1. The van der Waals surface area contributed by atoms with Crippen molar-refractivity contribution in [2.45, 2.75) is 19.3 Å². The zero-order valence-electron chi connectivity index (χ0n) is 17.1. The molecule has 2 aromatic rings. The van der Waals surface area contributed by atoms with Gasteiger partial charge < -0.3 is 19.7 Å². The van der Waals surface area contributed by atoms with Gasteiger partial charge in [0, 0.05) is 30.3 Å². The van der Waals surface area contributed by atoms with Gasteiger partial charge in [-0.1, -0.05) is 23.7 Å². The quantitative estimate of drug-likeness (QED) is 0.681. The minimum absolute atomic E-state index is 0.132. The third-order valence-electron chi connectivity index (χ3n) is 4.95. The normalized spacial score (nSPS) is 13.9. The molecule has 0 atom stereocenters. The average Bonchev–Trinajstić information content (AvgIpc) is 2.78. The molecule has 2 aromatic carbocycles. The summed E-state index contributed by atoms with van der Waals surface area (Å²) in [6.45, 7) is 1.41. The second kappa shape index (κ2) is 10.2. The zero-order chi connectivity index (χ0) is 21.5. The maximum atomic E-state index is 13.1. The summed E-state index contributed by atoms with van der Waals surface area (Å²) < 4.78 is 10.7. The molecule has 3 rings (SSSR count). The highest BCUT2D eigenvalue weighted by Gasteiger charge is 2.24. The number of piperidine rings is 1. The Morgan fingerprint density at radius 3 is 2.27 bits per heavy atom. The fourth-order valence-electron chi connectivity index (χ4n) is 3.35. The molecular weight excluding hydrogens is 404 g/mol. The summed E-state index contributed by atoms with van der Waals surface area (Å²) in [5, 5.41) is 3.43. The van der Waals surface area contributed by atoms with Crippen LogP contribution in [0.1, 0.15) is 35.2 Å². The number of amides is 2. The van der Waals surface area contributed by atoms with Crippen molar-refractivity contribution < 1.29 is 19.1 Å². The smallest absolute Gasteiger partial charge is 0.256 e. The number of carbonyl (C=O) groups excluding carboxylic acids is 2. The largest absolute Gasteiger partial charge is 0.493 e. The molecule has 1 aliphatic heterocycles. The van der Waals surface area contributed by atoms with Gasteiger partial charge in [0.2, 0.25) is 5.91 Å². The van der Waals surface area contributed by atoms with Crippen LogP contribution in [-0.2, 0) is 4.79 Å². The Bertz CT molecular complexity index is 935. The number of methoxy groups -OCH3 is 2. The van der Waals surface area contributed by atoms with Gasteiger partial charge in [0.25, 0.3) is 5.91 Å². The SMILES string of the molecule is COc1cc(NC(=O)/C=C/c2ccc(Cl)cc2)c(C(=O)N2CCCCC2)cc1OC. The van der Waals surface area contributed by atoms with E-state index in [9.17, 15) is 9.59 Å². The van der Waals surface area contributed by atoms with Gasteiger partial charge in [-0.3, -0.25) is 9.59 Å². The fraction of sp³-hybridized carbons (Fsp3) is 0.304. The van der Waals surface area contributed by atoms with Crippen LogP contribution in [0.2, 0.25) is 5.02 Å². The molecule has 7 heteroatoms. The first-order valence-corrected chi connectivity index (χ1v) is 10.2. The van der Waals surface area contributed by atoms with E-state index >= 15 is 0 Å². The number of anilines is 1. The fourth-order valence-corrected chi connectivity index (χ4v) is 3.47. The number of hydrogen-bond donors (Lipinski definition) is 1. The van der Waals surface area contributed by atoms with Crippen LogP contribution < -0.4 is 14.8 Å². The number of halogens is 1. The van der Waals surface area contributed by atoms with Crippen LogP contribution in [0.4, 0.5) is 5.69 Å². The Kier molecular flexibility index (Phi) is 7.36. The van der Waals surface area contributed by atoms with Crippen LogP contribution in [0.25, 0.3) is 6.08 Å². The number of ether oxygens (including phenoxy) is 2. The van der Waals surface area contributed by atoms with E-state index in [2.05, 4.69) is 5.32 Å². The molecule has 6 nitrogen and oxygen atoms in total. The molecule has 0 saturated carbocycles. The maximum Gasteiger partial charge on any atom is 0.256 e. The first kappa shape index (κ1) is 21.7. The molecule has 0 aromatic heterocycles. The molecule has 158 valence electrons. The first-order valence-electron chi connectivity index (χ1n) is 9.81. The van der Waals surface area contributed by atoms with E-state index in [4.69, 9.17) is 21.1 Å². The average molecular weight is 429 g/mol. The molecule has 1 saturated heterocycles. The lowest BCUT2D eigenvalue weighted by Crippen LogP contribution is -2.36. The van der Waals surface area contributed by atoms with E-state index in [0.717, 1.165) is 24.8 Å². The van der Waals surface area contributed by atoms with Crippen molar-refractivity contribution in [2.24, 2.45) is 0 Å². The minimum atomic E-state index is -0.357. The van der Waals surface area contributed by atoms with Crippen molar-refractivity contribution in [3.63, 3.8) is 0 Å². The van der Waals surface area contributed by atoms with E-state index in [1.54, 1.807) is 30.3 Å². The Morgan fingerprint density at radius 1 is 1.00 bits per heavy atom. The van der Waals surface area contributed by atoms with Crippen LogP contribution in [0.3, 0.4) is 0 Å². The van der Waals surface area contributed by atoms with Crippen LogP contribution in [0.5, 0.6) is 11.5 Å². The third kappa shape index (κ3) is 5.33. The van der Waals surface area contributed by atoms with Gasteiger partial charge in [-0.05, 0) is 49.1 Å². The van der Waals surface area contributed by atoms with Crippen molar-refractivity contribution in [3.8, 4) is 11.5 Å². The topological polar surface area (TPSA) is 67.9 Å². The molecule has 0 aliphatic carbocycles. The number of likely N-dealkylation sites (tertiary alicyclic amines) is 1. The van der Waals surface area contributed by atoms with E-state index < -0.39 is 0 Å². The van der Waals surface area contributed by atoms with Crippen molar-refractivity contribution in [3.05, 3.63) is 58.6 Å². The molecule has 30 heavy (non-hydrogen) atoms. The molecular formula is C23H25ClN2O4. The van der Waals surface area contributed by atoms with Gasteiger partial charge in [-0.15, -0.1) is 0 Å². The van der Waals surface area contributed by atoms with E-state index in [1.165, 1.54) is 20.3 Å². The molecule has 0 bridgehead atoms. The standard InChI is InChI=1S/C23H25ClN2O4/c1-29-20-14-18(23(28)26-12-4-3-5-13-26)19(15-21(20)30-2)25-22(27)11-8-16-6-9-17(24)10-7-16/h6-11,14-15H,3-5,12-13H2,1-2H3,(H,25,27)/b11-8+. The highest BCUT2D eigenvalue weighted by Crippen LogP contribution is 2.34. The molecule has 0 radical (unpaired) electrons. The van der Waals surface area contributed by atoms with E-state index in [0.29, 0.717) is 40.9 Å². The van der Waals surface area contributed by atoms with Gasteiger partial charge in [0.1, 0.15) is 0 Å². The molecule has 1 heterocycles. The Labute approximate surface area is 181 Å². The molecule has 2 amide bonds. The van der Waals surface area contributed by atoms with Crippen LogP contribution >= 0.6 is 11.6 Å². The zero-order valence-corrected chi connectivity index (χ0v) is 17.9. The van der Waals surface area contributed by atoms with Gasteiger partial charge >= 0.3 is 0 Å². The Balaban J connectivity index is 1.86. The number of carbonyl (C=O) groups is 2. The summed E-state index contributed by atoms with van der Waals surface area (Å²) in [5.74, 6) is 0.384. The summed E-state index contributed by atoms with van der Waals surface area (Å²) in [4.78, 5) is 27.5. The third-order valence-corrected chi connectivity index (χ3v) is 5.20. The van der Waals surface area contributed by atoms with Crippen molar-refractivity contribution >= 4 is 35.2 Å². The van der Waals surface area contributed by atoms with Crippen molar-refractivity contribution in [1.82, 2.24) is 4.90 Å². The predicted octanol–water partition coefficient (Wildman–Crippen LogP) is 4.64. The van der Waals surface area contributed by atoms with Crippen LogP contribution in [0, 0.1) is 0 Å². The number of hydrogen-bond acceptors (Lipinski definition) is 4. The summed E-state index contributed by atoms with van der Waals surface area (Å²) in [5.41, 5.74) is 1.60. The summed E-state index contributed by atoms with van der Waals surface area (Å²) in [6.07, 6.45) is 6.16. The van der Waals surface area contributed by atoms with Crippen LogP contribution in [0.15, 0.2) is 42.5 Å². The molecule has 1 aliphatic rings. The second-order valence-electron chi connectivity index (χ2n) is 6.98. The molecule has 1 N–H and O–H groups in total. The molecule has 1 fully saturated rings. The van der Waals surface area contributed by atoms with Crippen molar-refractivity contribution in [2.75, 3.05) is 32.6 Å². The lowest BCUT2D eigenvalue weighted by Gasteiger charge is -2.28. The minimum Gasteiger partial charge on any atom is -0.493 e. The molecule has 0 spiro atoms. The first-order chi connectivity index (χ1) is 14.5. The van der Waals surface area contributed by atoms with Gasteiger partial charge in [-0.2, -0.15) is 0 Å². The van der Waals surface area contributed by atoms with E-state index in [-0.39, 0.29) is 11.8 Å². The summed E-state index contributed by atoms with van der Waals surface area (Å²) >= 11 is 5.88. The maximum absolute atomic E-state index is 13.1. The van der Waals surface area contributed by atoms with Gasteiger partial charge in [-0.25, -0.2) is 0 Å². The molecule has 0 unspecified atom stereocenters. The summed E-state index contributed by atoms with van der Waals surface area (Å²) in [7, 11) is 3.02. The van der Waals surface area contributed by atoms with Crippen LogP contribution in [-0.4, -0.2) is 44.0 Å². The number of nitrogens with one attached hydrogen (secondary N) is 1. The van der Waals surface area contributed by atoms with E-state index in [1.807, 2.05) is 17.0 Å². The summed E-state index contributed by atoms with van der Waals surface area (Å²) in [6, 6.07) is 10.4. The van der Waals surface area contributed by atoms with Crippen molar-refractivity contribution in [1.29, 1.82) is 0 Å². The highest BCUT2D eigenvalue weighted by molar-refractivity contribution is 6.30. The second-order valence-corrected chi connectivity index (χ2v) is 7.42. The lowest BCUT2D eigenvalue weighted by molar-refractivity contribution is -0.111. The van der Waals surface area contributed by atoms with Gasteiger partial charge in [0.05, 0.1) is 25.5 Å². The number of rotatable bonds is 6. The highest BCUT2D eigenvalue weighted by atomic mass is 35.5.